The Bertz CT molecular complexity index is 497. The Labute approximate surface area is 151 Å². The van der Waals surface area contributed by atoms with Gasteiger partial charge in [-0.15, -0.1) is 0 Å². The zero-order valence-corrected chi connectivity index (χ0v) is 15.9. The highest BCUT2D eigenvalue weighted by molar-refractivity contribution is 5.76. The summed E-state index contributed by atoms with van der Waals surface area (Å²) in [5, 5.41) is 3.19. The molecule has 25 heavy (non-hydrogen) atoms. The Balaban J connectivity index is 1.39. The molecule has 6 heteroatoms. The largest absolute Gasteiger partial charge is 0.444 e. The van der Waals surface area contributed by atoms with Crippen LogP contribution in [0.1, 0.15) is 65.7 Å². The topological polar surface area (TPSA) is 61.9 Å². The average molecular weight is 351 g/mol. The molecule has 142 valence electrons. The van der Waals surface area contributed by atoms with Crippen molar-refractivity contribution >= 4 is 12.0 Å². The van der Waals surface area contributed by atoms with E-state index >= 15 is 0 Å². The van der Waals surface area contributed by atoms with Gasteiger partial charge in [-0.2, -0.15) is 0 Å². The zero-order valence-electron chi connectivity index (χ0n) is 15.9. The quantitative estimate of drug-likeness (QED) is 0.845. The molecule has 1 N–H and O–H groups in total. The molecule has 0 spiro atoms. The minimum Gasteiger partial charge on any atom is -0.444 e. The Kier molecular flexibility index (Phi) is 5.56. The van der Waals surface area contributed by atoms with Crippen LogP contribution >= 0.6 is 0 Å². The second-order valence-corrected chi connectivity index (χ2v) is 8.82. The minimum absolute atomic E-state index is 0.179. The number of rotatable bonds is 4. The molecule has 1 saturated carbocycles. The number of fused-ring (bicyclic) bond motifs is 2. The molecule has 2 bridgehead atoms. The number of piperazine rings is 1. The van der Waals surface area contributed by atoms with Gasteiger partial charge < -0.3 is 15.0 Å². The van der Waals surface area contributed by atoms with E-state index in [0.717, 1.165) is 38.9 Å². The Hall–Kier alpha value is -1.30. The van der Waals surface area contributed by atoms with Gasteiger partial charge in [0.05, 0.1) is 0 Å². The molecule has 6 nitrogen and oxygen atoms in total. The molecule has 3 aliphatic rings. The molecule has 0 radical (unpaired) electrons. The van der Waals surface area contributed by atoms with Crippen molar-refractivity contribution in [1.29, 1.82) is 0 Å². The minimum atomic E-state index is -0.449. The number of nitrogens with one attached hydrogen (secondary N) is 1. The monoisotopic (exact) mass is 351 g/mol. The van der Waals surface area contributed by atoms with Gasteiger partial charge in [-0.25, -0.2) is 4.79 Å². The van der Waals surface area contributed by atoms with Gasteiger partial charge in [-0.3, -0.25) is 9.69 Å². The normalized spacial score (nSPS) is 27.6. The molecular formula is C19H33N3O3. The highest BCUT2D eigenvalue weighted by Gasteiger charge is 2.46. The van der Waals surface area contributed by atoms with E-state index in [4.69, 9.17) is 4.74 Å². The summed E-state index contributed by atoms with van der Waals surface area (Å²) in [5.41, 5.74) is -0.449. The Morgan fingerprint density at radius 3 is 2.40 bits per heavy atom. The lowest BCUT2D eigenvalue weighted by Gasteiger charge is -2.35. The van der Waals surface area contributed by atoms with Crippen LogP contribution in [-0.4, -0.2) is 65.2 Å². The van der Waals surface area contributed by atoms with Crippen LogP contribution in [0, 0.1) is 0 Å². The predicted octanol–water partition coefficient (Wildman–Crippen LogP) is 2.52. The fourth-order valence-electron chi connectivity index (χ4n) is 4.36. The van der Waals surface area contributed by atoms with Crippen LogP contribution < -0.4 is 5.32 Å². The molecule has 2 heterocycles. The van der Waals surface area contributed by atoms with Crippen molar-refractivity contribution in [2.45, 2.75) is 89.4 Å². The fraction of sp³-hybridized carbons (Fsp3) is 0.895. The van der Waals surface area contributed by atoms with Crippen molar-refractivity contribution < 1.29 is 14.3 Å². The van der Waals surface area contributed by atoms with E-state index in [1.54, 1.807) is 0 Å². The molecule has 2 saturated heterocycles. The van der Waals surface area contributed by atoms with Crippen molar-refractivity contribution in [2.75, 3.05) is 19.6 Å². The SMILES string of the molecule is CC(C)(C)OC(=O)N1CC2CC1CN2CCC(=O)NC1CCCCC1. The molecule has 3 fully saturated rings. The summed E-state index contributed by atoms with van der Waals surface area (Å²) >= 11 is 0. The van der Waals surface area contributed by atoms with Gasteiger partial charge in [0.15, 0.2) is 0 Å². The number of hydrogen-bond acceptors (Lipinski definition) is 4. The maximum Gasteiger partial charge on any atom is 0.410 e. The summed E-state index contributed by atoms with van der Waals surface area (Å²) < 4.78 is 5.50. The first-order chi connectivity index (χ1) is 11.8. The van der Waals surface area contributed by atoms with Crippen LogP contribution in [0.2, 0.25) is 0 Å². The summed E-state index contributed by atoms with van der Waals surface area (Å²) in [6, 6.07) is 1.00. The van der Waals surface area contributed by atoms with Crippen LogP contribution in [0.25, 0.3) is 0 Å². The van der Waals surface area contributed by atoms with Crippen molar-refractivity contribution in [3.8, 4) is 0 Å². The summed E-state index contributed by atoms with van der Waals surface area (Å²) in [4.78, 5) is 28.7. The lowest BCUT2D eigenvalue weighted by Crippen LogP contribution is -2.50. The third-order valence-corrected chi connectivity index (χ3v) is 5.58. The molecule has 0 aromatic carbocycles. The lowest BCUT2D eigenvalue weighted by atomic mass is 9.95. The van der Waals surface area contributed by atoms with E-state index in [0.29, 0.717) is 18.5 Å². The fourth-order valence-corrected chi connectivity index (χ4v) is 4.36. The maximum absolute atomic E-state index is 12.3. The Morgan fingerprint density at radius 1 is 1.08 bits per heavy atom. The van der Waals surface area contributed by atoms with Crippen LogP contribution in [0.4, 0.5) is 4.79 Å². The van der Waals surface area contributed by atoms with Crippen LogP contribution in [0.15, 0.2) is 0 Å². The van der Waals surface area contributed by atoms with Crippen molar-refractivity contribution in [1.82, 2.24) is 15.1 Å². The predicted molar refractivity (Wildman–Crippen MR) is 96.3 cm³/mol. The number of carbonyl (C=O) groups excluding carboxylic acids is 2. The molecule has 3 rings (SSSR count). The number of nitrogens with zero attached hydrogens (tertiary/aromatic N) is 2. The Morgan fingerprint density at radius 2 is 1.80 bits per heavy atom. The number of ether oxygens (including phenoxy) is 1. The van der Waals surface area contributed by atoms with Crippen LogP contribution in [-0.2, 0) is 9.53 Å². The van der Waals surface area contributed by atoms with Gasteiger partial charge in [0.25, 0.3) is 0 Å². The lowest BCUT2D eigenvalue weighted by molar-refractivity contribution is -0.122. The second-order valence-electron chi connectivity index (χ2n) is 8.82. The van der Waals surface area contributed by atoms with E-state index in [9.17, 15) is 9.59 Å². The van der Waals surface area contributed by atoms with Gasteiger partial charge in [0, 0.05) is 44.2 Å². The molecule has 2 atom stereocenters. The first-order valence-electron chi connectivity index (χ1n) is 9.85. The number of hydrogen-bond donors (Lipinski definition) is 1. The molecule has 0 aromatic heterocycles. The summed E-state index contributed by atoms with van der Waals surface area (Å²) in [6.45, 7) is 8.08. The van der Waals surface area contributed by atoms with Crippen molar-refractivity contribution in [3.63, 3.8) is 0 Å². The number of amides is 2. The average Bonchev–Trinajstić information content (AvgIpc) is 3.12. The van der Waals surface area contributed by atoms with E-state index in [2.05, 4.69) is 10.2 Å². The van der Waals surface area contributed by atoms with E-state index in [-0.39, 0.29) is 18.0 Å². The highest BCUT2D eigenvalue weighted by Crippen LogP contribution is 2.31. The number of carbonyl (C=O) groups is 2. The molecule has 2 amide bonds. The van der Waals surface area contributed by atoms with Gasteiger partial charge in [0.2, 0.25) is 5.91 Å². The van der Waals surface area contributed by atoms with E-state index < -0.39 is 5.60 Å². The summed E-state index contributed by atoms with van der Waals surface area (Å²) in [6.07, 6.45) is 7.40. The molecule has 1 aliphatic carbocycles. The van der Waals surface area contributed by atoms with E-state index in [1.807, 2.05) is 25.7 Å². The van der Waals surface area contributed by atoms with Crippen molar-refractivity contribution in [2.24, 2.45) is 0 Å². The van der Waals surface area contributed by atoms with Gasteiger partial charge in [0.1, 0.15) is 5.60 Å². The summed E-state index contributed by atoms with van der Waals surface area (Å²) in [7, 11) is 0. The third-order valence-electron chi connectivity index (χ3n) is 5.58. The van der Waals surface area contributed by atoms with Crippen molar-refractivity contribution in [3.05, 3.63) is 0 Å². The second kappa shape index (κ2) is 7.52. The molecule has 0 aromatic rings. The van der Waals surface area contributed by atoms with Gasteiger partial charge >= 0.3 is 6.09 Å². The molecule has 2 unspecified atom stereocenters. The first kappa shape index (κ1) is 18.5. The van der Waals surface area contributed by atoms with E-state index in [1.165, 1.54) is 19.3 Å². The van der Waals surface area contributed by atoms with Crippen LogP contribution in [0.3, 0.4) is 0 Å². The molecular weight excluding hydrogens is 318 g/mol. The molecule has 2 aliphatic heterocycles. The zero-order chi connectivity index (χ0) is 18.0. The highest BCUT2D eigenvalue weighted by atomic mass is 16.6. The maximum atomic E-state index is 12.3. The first-order valence-corrected chi connectivity index (χ1v) is 9.85. The summed E-state index contributed by atoms with van der Waals surface area (Å²) in [5.74, 6) is 0.179. The van der Waals surface area contributed by atoms with Gasteiger partial charge in [-0.05, 0) is 40.0 Å². The third kappa shape index (κ3) is 4.87. The smallest absolute Gasteiger partial charge is 0.410 e. The number of likely N-dealkylation sites (tertiary alicyclic amines) is 2. The van der Waals surface area contributed by atoms with Gasteiger partial charge in [-0.1, -0.05) is 19.3 Å². The van der Waals surface area contributed by atoms with Crippen LogP contribution in [0.5, 0.6) is 0 Å². The standard InChI is InChI=1S/C19H33N3O3/c1-19(2,3)25-18(24)22-13-15-11-16(22)12-21(15)10-9-17(23)20-14-7-5-4-6-8-14/h14-16H,4-13H2,1-3H3,(H,20,23).